The Morgan fingerprint density at radius 1 is 0.607 bits per heavy atom. The lowest BCUT2D eigenvalue weighted by Gasteiger charge is -2.20. The average molecular weight is 377 g/mol. The summed E-state index contributed by atoms with van der Waals surface area (Å²) in [4.78, 5) is 9.02. The van der Waals surface area contributed by atoms with E-state index in [0.29, 0.717) is 22.5 Å². The summed E-state index contributed by atoms with van der Waals surface area (Å²) >= 11 is 0. The number of benzene rings is 2. The van der Waals surface area contributed by atoms with Crippen LogP contribution in [0.3, 0.4) is 0 Å². The van der Waals surface area contributed by atoms with Gasteiger partial charge in [-0.05, 0) is 46.2 Å². The van der Waals surface area contributed by atoms with Crippen LogP contribution in [0, 0.1) is 0 Å². The Kier molecular flexibility index (Phi) is 4.92. The molecule has 28 heavy (non-hydrogen) atoms. The Bertz CT molecular complexity index is 912. The molecule has 0 aliphatic rings. The van der Waals surface area contributed by atoms with Crippen molar-refractivity contribution >= 4 is 0 Å². The molecule has 3 aromatic rings. The first-order valence-corrected chi connectivity index (χ1v) is 9.46. The van der Waals surface area contributed by atoms with Crippen LogP contribution in [0.15, 0.2) is 48.8 Å². The minimum Gasteiger partial charge on any atom is -0.507 e. The molecule has 2 aromatic carbocycles. The van der Waals surface area contributed by atoms with Gasteiger partial charge in [-0.1, -0.05) is 53.7 Å². The highest BCUT2D eigenvalue weighted by Crippen LogP contribution is 2.35. The van der Waals surface area contributed by atoms with E-state index in [1.165, 1.54) is 0 Å². The van der Waals surface area contributed by atoms with Crippen molar-refractivity contribution in [2.75, 3.05) is 0 Å². The Morgan fingerprint density at radius 3 is 1.25 bits per heavy atom. The van der Waals surface area contributed by atoms with Gasteiger partial charge < -0.3 is 10.2 Å². The number of nitrogens with zero attached hydrogens (tertiary/aromatic N) is 2. The van der Waals surface area contributed by atoms with E-state index in [1.54, 1.807) is 24.5 Å². The fraction of sp³-hybridized carbons (Fsp3) is 0.333. The molecule has 0 atom stereocenters. The van der Waals surface area contributed by atoms with Crippen molar-refractivity contribution in [1.29, 1.82) is 0 Å². The van der Waals surface area contributed by atoms with Crippen LogP contribution in [0.25, 0.3) is 22.5 Å². The summed E-state index contributed by atoms with van der Waals surface area (Å²) in [6, 6.07) is 11.2. The zero-order valence-electron chi connectivity index (χ0n) is 17.4. The number of aromatic nitrogens is 2. The molecule has 0 unspecified atom stereocenters. The lowest BCUT2D eigenvalue weighted by molar-refractivity contribution is 0.475. The van der Waals surface area contributed by atoms with Crippen molar-refractivity contribution in [2.45, 2.75) is 52.4 Å². The van der Waals surface area contributed by atoms with E-state index in [4.69, 9.17) is 0 Å². The van der Waals surface area contributed by atoms with Crippen LogP contribution in [0.2, 0.25) is 0 Å². The topological polar surface area (TPSA) is 66.2 Å². The quantitative estimate of drug-likeness (QED) is 0.592. The normalized spacial score (nSPS) is 12.2. The number of rotatable bonds is 2. The molecule has 0 amide bonds. The summed E-state index contributed by atoms with van der Waals surface area (Å²) < 4.78 is 0. The van der Waals surface area contributed by atoms with Gasteiger partial charge >= 0.3 is 0 Å². The van der Waals surface area contributed by atoms with Crippen LogP contribution >= 0.6 is 0 Å². The molecule has 4 nitrogen and oxygen atoms in total. The third-order valence-electron chi connectivity index (χ3n) is 4.93. The second-order valence-electron chi connectivity index (χ2n) is 9.25. The first-order chi connectivity index (χ1) is 13.0. The minimum absolute atomic E-state index is 0.0327. The summed E-state index contributed by atoms with van der Waals surface area (Å²) in [6.45, 7) is 12.8. The maximum absolute atomic E-state index is 10.3. The van der Waals surface area contributed by atoms with Crippen LogP contribution < -0.4 is 0 Å². The molecule has 0 aliphatic carbocycles. The van der Waals surface area contributed by atoms with Crippen molar-refractivity contribution in [3.63, 3.8) is 0 Å². The van der Waals surface area contributed by atoms with Crippen LogP contribution in [-0.4, -0.2) is 20.2 Å². The van der Waals surface area contributed by atoms with Gasteiger partial charge in [-0.15, -0.1) is 0 Å². The van der Waals surface area contributed by atoms with Gasteiger partial charge in [-0.2, -0.15) is 0 Å². The maximum atomic E-state index is 10.3. The highest BCUT2D eigenvalue weighted by atomic mass is 16.3. The average Bonchev–Trinajstić information content (AvgIpc) is 2.61. The fourth-order valence-electron chi connectivity index (χ4n) is 3.02. The highest BCUT2D eigenvalue weighted by Gasteiger charge is 2.19. The van der Waals surface area contributed by atoms with Crippen LogP contribution in [-0.2, 0) is 10.8 Å². The van der Waals surface area contributed by atoms with Crippen molar-refractivity contribution in [2.24, 2.45) is 0 Å². The molecule has 0 fully saturated rings. The van der Waals surface area contributed by atoms with E-state index >= 15 is 0 Å². The van der Waals surface area contributed by atoms with Gasteiger partial charge in [0.05, 0.1) is 23.8 Å². The van der Waals surface area contributed by atoms with Gasteiger partial charge in [0.1, 0.15) is 11.5 Å². The Balaban J connectivity index is 2.02. The molecule has 1 heterocycles. The lowest BCUT2D eigenvalue weighted by atomic mass is 9.85. The molecular weight excluding hydrogens is 348 g/mol. The number of hydrogen-bond acceptors (Lipinski definition) is 4. The first kappa shape index (κ1) is 19.9. The molecular formula is C24H28N2O2. The zero-order chi connectivity index (χ0) is 20.7. The second kappa shape index (κ2) is 6.93. The van der Waals surface area contributed by atoms with E-state index in [0.717, 1.165) is 11.1 Å². The number of phenols is 2. The van der Waals surface area contributed by atoms with Crippen molar-refractivity contribution in [3.05, 3.63) is 59.9 Å². The molecule has 146 valence electrons. The van der Waals surface area contributed by atoms with Gasteiger partial charge in [0.15, 0.2) is 0 Å². The monoisotopic (exact) mass is 376 g/mol. The standard InChI is InChI=1S/C24H28N2O2/c1-23(2,3)15-7-9-21(27)17(11-15)19-13-26-20(14-25-19)18-12-16(24(4,5)6)8-10-22(18)28/h7-14,27-28H,1-6H3. The molecule has 0 spiro atoms. The third kappa shape index (κ3) is 4.01. The first-order valence-electron chi connectivity index (χ1n) is 9.46. The Hall–Kier alpha value is -2.88. The van der Waals surface area contributed by atoms with E-state index < -0.39 is 0 Å². The Labute approximate surface area is 166 Å². The number of aromatic hydroxyl groups is 2. The molecule has 0 radical (unpaired) electrons. The van der Waals surface area contributed by atoms with Crippen molar-refractivity contribution in [1.82, 2.24) is 9.97 Å². The Morgan fingerprint density at radius 2 is 0.964 bits per heavy atom. The molecule has 3 rings (SSSR count). The smallest absolute Gasteiger partial charge is 0.125 e. The molecule has 1 aromatic heterocycles. The SMILES string of the molecule is CC(C)(C)c1ccc(O)c(-c2cnc(-c3cc(C(C)(C)C)ccc3O)cn2)c1. The molecule has 0 saturated heterocycles. The summed E-state index contributed by atoms with van der Waals surface area (Å²) in [5.74, 6) is 0.347. The van der Waals surface area contributed by atoms with Crippen LogP contribution in [0.1, 0.15) is 52.7 Å². The molecule has 0 saturated carbocycles. The van der Waals surface area contributed by atoms with Crippen LogP contribution in [0.5, 0.6) is 11.5 Å². The molecule has 4 heteroatoms. The van der Waals surface area contributed by atoms with E-state index in [-0.39, 0.29) is 22.3 Å². The minimum atomic E-state index is -0.0327. The highest BCUT2D eigenvalue weighted by molar-refractivity contribution is 5.71. The predicted molar refractivity (Wildman–Crippen MR) is 114 cm³/mol. The van der Waals surface area contributed by atoms with Gasteiger partial charge in [0.2, 0.25) is 0 Å². The summed E-state index contributed by atoms with van der Waals surface area (Å²) in [7, 11) is 0. The molecule has 0 aliphatic heterocycles. The maximum Gasteiger partial charge on any atom is 0.125 e. The summed E-state index contributed by atoms with van der Waals surface area (Å²) in [6.07, 6.45) is 3.28. The van der Waals surface area contributed by atoms with Gasteiger partial charge in [-0.3, -0.25) is 9.97 Å². The van der Waals surface area contributed by atoms with Crippen molar-refractivity contribution < 1.29 is 10.2 Å². The van der Waals surface area contributed by atoms with Gasteiger partial charge in [0.25, 0.3) is 0 Å². The predicted octanol–water partition coefficient (Wildman–Crippen LogP) is 5.82. The largest absolute Gasteiger partial charge is 0.507 e. The van der Waals surface area contributed by atoms with E-state index in [1.807, 2.05) is 24.3 Å². The fourth-order valence-corrected chi connectivity index (χ4v) is 3.02. The third-order valence-corrected chi connectivity index (χ3v) is 4.93. The molecule has 0 bridgehead atoms. The summed E-state index contributed by atoms with van der Waals surface area (Å²) in [5, 5.41) is 20.6. The number of hydrogen-bond donors (Lipinski definition) is 2. The second-order valence-corrected chi connectivity index (χ2v) is 9.25. The zero-order valence-corrected chi connectivity index (χ0v) is 17.4. The lowest BCUT2D eigenvalue weighted by Crippen LogP contribution is -2.11. The van der Waals surface area contributed by atoms with E-state index in [2.05, 4.69) is 51.5 Å². The van der Waals surface area contributed by atoms with Gasteiger partial charge in [-0.25, -0.2) is 0 Å². The van der Waals surface area contributed by atoms with Gasteiger partial charge in [0, 0.05) is 11.1 Å². The molecule has 2 N–H and O–H groups in total. The van der Waals surface area contributed by atoms with E-state index in [9.17, 15) is 10.2 Å². The number of phenolic OH excluding ortho intramolecular Hbond substituents is 2. The summed E-state index contributed by atoms with van der Waals surface area (Å²) in [5.41, 5.74) is 4.66. The van der Waals surface area contributed by atoms with Crippen molar-refractivity contribution in [3.8, 4) is 34.0 Å². The van der Waals surface area contributed by atoms with Crippen LogP contribution in [0.4, 0.5) is 0 Å².